The van der Waals surface area contributed by atoms with E-state index < -0.39 is 23.6 Å². The fraction of sp³-hybridized carbons (Fsp3) is 0.750. The number of hydrogen-bond acceptors (Lipinski definition) is 7. The van der Waals surface area contributed by atoms with E-state index >= 15 is 0 Å². The van der Waals surface area contributed by atoms with E-state index in [0.29, 0.717) is 13.1 Å². The van der Waals surface area contributed by atoms with Gasteiger partial charge < -0.3 is 24.9 Å². The minimum atomic E-state index is -0.673. The standard InChI is InChI=1S/C16H27N3O6/c1-16(2,3)24-15(22)19-9-5-6-11(10-19)14(17)18-25-13(21)8-7-12(20)23-4/h11H,5-10H2,1-4H3,(H2,17,18). The van der Waals surface area contributed by atoms with Gasteiger partial charge in [0.2, 0.25) is 0 Å². The Bertz CT molecular complexity index is 526. The van der Waals surface area contributed by atoms with E-state index in [1.54, 1.807) is 25.7 Å². The Morgan fingerprint density at radius 2 is 1.84 bits per heavy atom. The first kappa shape index (κ1) is 20.7. The molecule has 0 aromatic rings. The zero-order chi connectivity index (χ0) is 19.0. The van der Waals surface area contributed by atoms with Crippen molar-refractivity contribution in [3.63, 3.8) is 0 Å². The van der Waals surface area contributed by atoms with Crippen LogP contribution in [0.4, 0.5) is 4.79 Å². The van der Waals surface area contributed by atoms with E-state index in [-0.39, 0.29) is 24.6 Å². The molecular formula is C16H27N3O6. The fourth-order valence-electron chi connectivity index (χ4n) is 2.24. The van der Waals surface area contributed by atoms with Gasteiger partial charge in [0.15, 0.2) is 0 Å². The normalized spacial score (nSPS) is 18.5. The molecule has 1 unspecified atom stereocenters. The number of nitrogens with zero attached hydrogens (tertiary/aromatic N) is 2. The van der Waals surface area contributed by atoms with Crippen molar-refractivity contribution in [2.75, 3.05) is 20.2 Å². The van der Waals surface area contributed by atoms with Crippen LogP contribution in [-0.4, -0.2) is 54.6 Å². The lowest BCUT2D eigenvalue weighted by atomic mass is 9.97. The number of nitrogens with two attached hydrogens (primary N) is 1. The molecule has 1 atom stereocenters. The summed E-state index contributed by atoms with van der Waals surface area (Å²) >= 11 is 0. The molecule has 9 heteroatoms. The van der Waals surface area contributed by atoms with E-state index in [4.69, 9.17) is 15.3 Å². The average molecular weight is 357 g/mol. The number of amides is 1. The molecule has 2 N–H and O–H groups in total. The molecular weight excluding hydrogens is 330 g/mol. The van der Waals surface area contributed by atoms with Crippen molar-refractivity contribution in [3.8, 4) is 0 Å². The maximum Gasteiger partial charge on any atom is 0.410 e. The number of esters is 1. The van der Waals surface area contributed by atoms with Gasteiger partial charge in [-0.2, -0.15) is 0 Å². The van der Waals surface area contributed by atoms with Gasteiger partial charge in [0.05, 0.1) is 20.0 Å². The molecule has 1 rings (SSSR count). The number of methoxy groups -OCH3 is 1. The summed E-state index contributed by atoms with van der Waals surface area (Å²) in [6, 6.07) is 0. The average Bonchev–Trinajstić information content (AvgIpc) is 2.56. The molecule has 25 heavy (non-hydrogen) atoms. The molecule has 9 nitrogen and oxygen atoms in total. The molecule has 0 saturated carbocycles. The van der Waals surface area contributed by atoms with Crippen molar-refractivity contribution in [3.05, 3.63) is 0 Å². The first-order valence-electron chi connectivity index (χ1n) is 8.20. The number of hydrogen-bond donors (Lipinski definition) is 1. The molecule has 142 valence electrons. The number of carbonyl (C=O) groups excluding carboxylic acids is 3. The highest BCUT2D eigenvalue weighted by Gasteiger charge is 2.29. The molecule has 0 aromatic carbocycles. The number of piperidine rings is 1. The maximum absolute atomic E-state index is 12.1. The zero-order valence-corrected chi connectivity index (χ0v) is 15.2. The Hall–Kier alpha value is -2.32. The molecule has 1 amide bonds. The van der Waals surface area contributed by atoms with E-state index in [0.717, 1.165) is 12.8 Å². The predicted octanol–water partition coefficient (Wildman–Crippen LogP) is 1.40. The summed E-state index contributed by atoms with van der Waals surface area (Å²) in [6.45, 7) is 6.34. The molecule has 0 radical (unpaired) electrons. The van der Waals surface area contributed by atoms with Gasteiger partial charge >= 0.3 is 18.0 Å². The Morgan fingerprint density at radius 1 is 1.20 bits per heavy atom. The Morgan fingerprint density at radius 3 is 2.44 bits per heavy atom. The van der Waals surface area contributed by atoms with Crippen molar-refractivity contribution in [2.24, 2.45) is 16.8 Å². The number of ether oxygens (including phenoxy) is 2. The Labute approximate surface area is 147 Å². The summed E-state index contributed by atoms with van der Waals surface area (Å²) in [5, 5.41) is 3.63. The van der Waals surface area contributed by atoms with Gasteiger partial charge in [-0.25, -0.2) is 9.59 Å². The quantitative estimate of drug-likeness (QED) is 0.259. The van der Waals surface area contributed by atoms with Crippen molar-refractivity contribution in [1.29, 1.82) is 0 Å². The van der Waals surface area contributed by atoms with Gasteiger partial charge in [-0.3, -0.25) is 4.79 Å². The molecule has 1 fully saturated rings. The van der Waals surface area contributed by atoms with Crippen LogP contribution in [-0.2, 0) is 23.9 Å². The summed E-state index contributed by atoms with van der Waals surface area (Å²) in [5.74, 6) is -1.25. The van der Waals surface area contributed by atoms with Crippen LogP contribution in [0.2, 0.25) is 0 Å². The number of rotatable bonds is 5. The summed E-state index contributed by atoms with van der Waals surface area (Å²) in [5.41, 5.74) is 5.30. The second kappa shape index (κ2) is 9.24. The highest BCUT2D eigenvalue weighted by atomic mass is 16.7. The lowest BCUT2D eigenvalue weighted by molar-refractivity contribution is -0.149. The Balaban J connectivity index is 2.51. The van der Waals surface area contributed by atoms with Crippen LogP contribution in [0.5, 0.6) is 0 Å². The molecule has 0 aromatic heterocycles. The first-order valence-corrected chi connectivity index (χ1v) is 8.20. The SMILES string of the molecule is COC(=O)CCC(=O)ON=C(N)C1CCCN(C(=O)OC(C)(C)C)C1. The van der Waals surface area contributed by atoms with Gasteiger partial charge in [0.1, 0.15) is 11.4 Å². The lowest BCUT2D eigenvalue weighted by Crippen LogP contribution is -2.46. The van der Waals surface area contributed by atoms with Crippen LogP contribution in [0.1, 0.15) is 46.5 Å². The van der Waals surface area contributed by atoms with Crippen molar-refractivity contribution < 1.29 is 28.7 Å². The zero-order valence-electron chi connectivity index (χ0n) is 15.2. The highest BCUT2D eigenvalue weighted by Crippen LogP contribution is 2.19. The number of oxime groups is 1. The third-order valence-electron chi connectivity index (χ3n) is 3.51. The highest BCUT2D eigenvalue weighted by molar-refractivity contribution is 5.84. The van der Waals surface area contributed by atoms with Gasteiger partial charge in [0.25, 0.3) is 0 Å². The number of likely N-dealkylation sites (tertiary alicyclic amines) is 1. The predicted molar refractivity (Wildman–Crippen MR) is 89.5 cm³/mol. The summed E-state index contributed by atoms with van der Waals surface area (Å²) in [6.07, 6.45) is 0.851. The third kappa shape index (κ3) is 7.86. The van der Waals surface area contributed by atoms with Crippen LogP contribution in [0.3, 0.4) is 0 Å². The second-order valence-corrected chi connectivity index (χ2v) is 6.82. The minimum Gasteiger partial charge on any atom is -0.469 e. The van der Waals surface area contributed by atoms with Crippen molar-refractivity contribution in [2.45, 2.75) is 52.1 Å². The van der Waals surface area contributed by atoms with Crippen LogP contribution in [0.25, 0.3) is 0 Å². The monoisotopic (exact) mass is 357 g/mol. The van der Waals surface area contributed by atoms with E-state index in [2.05, 4.69) is 9.89 Å². The second-order valence-electron chi connectivity index (χ2n) is 6.82. The number of carbonyl (C=O) groups is 3. The molecule has 0 aliphatic carbocycles. The van der Waals surface area contributed by atoms with Crippen LogP contribution >= 0.6 is 0 Å². The van der Waals surface area contributed by atoms with E-state index in [9.17, 15) is 14.4 Å². The smallest absolute Gasteiger partial charge is 0.410 e. The van der Waals surface area contributed by atoms with Crippen molar-refractivity contribution in [1.82, 2.24) is 4.90 Å². The molecule has 0 bridgehead atoms. The van der Waals surface area contributed by atoms with Gasteiger partial charge in [-0.1, -0.05) is 5.16 Å². The van der Waals surface area contributed by atoms with Gasteiger partial charge in [0, 0.05) is 19.0 Å². The summed E-state index contributed by atoms with van der Waals surface area (Å²) < 4.78 is 9.78. The van der Waals surface area contributed by atoms with Crippen LogP contribution in [0, 0.1) is 5.92 Å². The first-order chi connectivity index (χ1) is 11.6. The molecule has 0 spiro atoms. The molecule has 1 heterocycles. The summed E-state index contributed by atoms with van der Waals surface area (Å²) in [4.78, 5) is 40.9. The van der Waals surface area contributed by atoms with Crippen LogP contribution < -0.4 is 5.73 Å². The molecule has 1 saturated heterocycles. The topological polar surface area (TPSA) is 121 Å². The lowest BCUT2D eigenvalue weighted by Gasteiger charge is -2.33. The summed E-state index contributed by atoms with van der Waals surface area (Å²) in [7, 11) is 1.24. The number of amidine groups is 1. The van der Waals surface area contributed by atoms with E-state index in [1.807, 2.05) is 0 Å². The van der Waals surface area contributed by atoms with Gasteiger partial charge in [-0.15, -0.1) is 0 Å². The van der Waals surface area contributed by atoms with Crippen molar-refractivity contribution >= 4 is 23.9 Å². The molecule has 1 aliphatic rings. The minimum absolute atomic E-state index is 0.0827. The fourth-order valence-corrected chi connectivity index (χ4v) is 2.24. The maximum atomic E-state index is 12.1. The van der Waals surface area contributed by atoms with Crippen LogP contribution in [0.15, 0.2) is 5.16 Å². The van der Waals surface area contributed by atoms with Gasteiger partial charge in [-0.05, 0) is 33.6 Å². The third-order valence-corrected chi connectivity index (χ3v) is 3.51. The Kier molecular flexibility index (Phi) is 7.66. The molecule has 1 aliphatic heterocycles. The largest absolute Gasteiger partial charge is 0.469 e. The van der Waals surface area contributed by atoms with E-state index in [1.165, 1.54) is 7.11 Å².